The lowest BCUT2D eigenvalue weighted by atomic mass is 9.95. The Morgan fingerprint density at radius 1 is 1.02 bits per heavy atom. The number of hydrogen-bond donors (Lipinski definition) is 1. The summed E-state index contributed by atoms with van der Waals surface area (Å²) in [5, 5.41) is 7.12. The average molecular weight is 639 g/mol. The van der Waals surface area contributed by atoms with Gasteiger partial charge < -0.3 is 19.8 Å². The Hall–Kier alpha value is -3.45. The minimum absolute atomic E-state index is 0.0134. The standard InChI is InChI=1S/C25H25BrN4O2S.C2HF3O2/c26-23-6-5-22(33-23)25(32)29-16-19-3-1-2-4-21(19)30(24(31)17-29)15-18-9-13-28(14-10-18)20-7-11-27-12-8-20;3-2(4,5)1(6)7/h1-8,11-12,18H,9-10,13-17H2;(H,6,7). The van der Waals surface area contributed by atoms with Crippen molar-refractivity contribution in [3.63, 3.8) is 0 Å². The summed E-state index contributed by atoms with van der Waals surface area (Å²) in [4.78, 5) is 46.1. The smallest absolute Gasteiger partial charge is 0.475 e. The number of aromatic nitrogens is 1. The molecule has 1 aromatic carbocycles. The fourth-order valence-electron chi connectivity index (χ4n) is 4.67. The third-order valence-electron chi connectivity index (χ3n) is 6.67. The molecule has 0 aliphatic carbocycles. The Morgan fingerprint density at radius 3 is 2.27 bits per heavy atom. The number of nitrogens with zero attached hydrogens (tertiary/aromatic N) is 4. The van der Waals surface area contributed by atoms with Gasteiger partial charge in [-0.3, -0.25) is 14.6 Å². The molecule has 1 fully saturated rings. The Kier molecular flexibility index (Phi) is 9.46. The number of pyridine rings is 1. The zero-order chi connectivity index (χ0) is 28.9. The van der Waals surface area contributed by atoms with Crippen molar-refractivity contribution in [3.05, 3.63) is 75.2 Å². The fraction of sp³-hybridized carbons (Fsp3) is 0.333. The van der Waals surface area contributed by atoms with E-state index in [1.807, 2.05) is 65.8 Å². The number of carboxylic acid groups (broad SMARTS) is 1. The van der Waals surface area contributed by atoms with Crippen LogP contribution in [0, 0.1) is 5.92 Å². The predicted molar refractivity (Wildman–Crippen MR) is 148 cm³/mol. The van der Waals surface area contributed by atoms with Crippen molar-refractivity contribution in [2.45, 2.75) is 25.6 Å². The predicted octanol–water partition coefficient (Wildman–Crippen LogP) is 5.44. The number of fused-ring (bicyclic) bond motifs is 1. The molecule has 13 heteroatoms. The summed E-state index contributed by atoms with van der Waals surface area (Å²) in [5.41, 5.74) is 3.15. The number of carbonyl (C=O) groups excluding carboxylic acids is 2. The van der Waals surface area contributed by atoms with Crippen LogP contribution in [-0.2, 0) is 16.1 Å². The van der Waals surface area contributed by atoms with Crippen molar-refractivity contribution in [1.29, 1.82) is 0 Å². The molecule has 2 aliphatic rings. The van der Waals surface area contributed by atoms with Crippen LogP contribution in [-0.4, -0.2) is 65.1 Å². The number of halogens is 4. The maximum atomic E-state index is 13.4. The number of carboxylic acids is 1. The molecular weight excluding hydrogens is 613 g/mol. The highest BCUT2D eigenvalue weighted by molar-refractivity contribution is 9.11. The van der Waals surface area contributed by atoms with E-state index in [0.29, 0.717) is 23.9 Å². The first-order chi connectivity index (χ1) is 19.0. The number of benzene rings is 1. The highest BCUT2D eigenvalue weighted by Gasteiger charge is 2.38. The van der Waals surface area contributed by atoms with E-state index in [1.165, 1.54) is 17.0 Å². The molecule has 2 aromatic heterocycles. The van der Waals surface area contributed by atoms with Gasteiger partial charge in [0.1, 0.15) is 6.54 Å². The molecular formula is C27H26BrF3N4O4S. The van der Waals surface area contributed by atoms with Crippen LogP contribution in [0.25, 0.3) is 0 Å². The SMILES string of the molecule is O=C(O)C(F)(F)F.O=C(c1ccc(Br)s1)N1CC(=O)N(CC2CCN(c3ccncc3)CC2)c2ccccc2C1. The number of thiophene rings is 1. The average Bonchev–Trinajstić information content (AvgIpc) is 3.32. The zero-order valence-electron chi connectivity index (χ0n) is 21.2. The van der Waals surface area contributed by atoms with E-state index in [4.69, 9.17) is 9.90 Å². The first-order valence-electron chi connectivity index (χ1n) is 12.4. The van der Waals surface area contributed by atoms with Gasteiger partial charge in [-0.25, -0.2) is 4.79 Å². The van der Waals surface area contributed by atoms with E-state index in [9.17, 15) is 22.8 Å². The lowest BCUT2D eigenvalue weighted by molar-refractivity contribution is -0.192. The summed E-state index contributed by atoms with van der Waals surface area (Å²) in [7, 11) is 0. The van der Waals surface area contributed by atoms with Gasteiger partial charge in [0.2, 0.25) is 5.91 Å². The van der Waals surface area contributed by atoms with Crippen LogP contribution in [0.2, 0.25) is 0 Å². The fourth-order valence-corrected chi connectivity index (χ4v) is 6.02. The number of rotatable bonds is 4. The van der Waals surface area contributed by atoms with Gasteiger partial charge in [-0.2, -0.15) is 13.2 Å². The van der Waals surface area contributed by atoms with Gasteiger partial charge >= 0.3 is 12.1 Å². The number of alkyl halides is 3. The molecule has 0 bridgehead atoms. The molecule has 40 heavy (non-hydrogen) atoms. The number of para-hydroxylation sites is 1. The summed E-state index contributed by atoms with van der Waals surface area (Å²) in [6, 6.07) is 15.8. The number of hydrogen-bond acceptors (Lipinski definition) is 6. The van der Waals surface area contributed by atoms with Crippen molar-refractivity contribution in [3.8, 4) is 0 Å². The van der Waals surface area contributed by atoms with Crippen LogP contribution in [0.5, 0.6) is 0 Å². The Morgan fingerprint density at radius 2 is 1.68 bits per heavy atom. The van der Waals surface area contributed by atoms with E-state index >= 15 is 0 Å². The van der Waals surface area contributed by atoms with Crippen LogP contribution >= 0.6 is 27.3 Å². The highest BCUT2D eigenvalue weighted by atomic mass is 79.9. The first-order valence-corrected chi connectivity index (χ1v) is 14.0. The van der Waals surface area contributed by atoms with Gasteiger partial charge in [0, 0.05) is 49.9 Å². The number of amides is 2. The molecule has 0 spiro atoms. The van der Waals surface area contributed by atoms with E-state index in [0.717, 1.165) is 41.0 Å². The Balaban J connectivity index is 0.000000470. The molecule has 2 aliphatic heterocycles. The summed E-state index contributed by atoms with van der Waals surface area (Å²) in [6.07, 6.45) is 0.632. The van der Waals surface area contributed by atoms with Crippen molar-refractivity contribution in [2.24, 2.45) is 5.92 Å². The Labute approximate surface area is 241 Å². The second-order valence-corrected chi connectivity index (χ2v) is 11.8. The summed E-state index contributed by atoms with van der Waals surface area (Å²) < 4.78 is 32.6. The molecule has 4 heterocycles. The number of aliphatic carboxylic acids is 1. The second kappa shape index (κ2) is 12.8. The van der Waals surface area contributed by atoms with Crippen molar-refractivity contribution >= 4 is 56.4 Å². The van der Waals surface area contributed by atoms with Crippen molar-refractivity contribution < 1.29 is 32.7 Å². The number of anilines is 2. The summed E-state index contributed by atoms with van der Waals surface area (Å²) in [6.45, 7) is 3.16. The molecule has 2 amide bonds. The molecule has 0 saturated carbocycles. The monoisotopic (exact) mass is 638 g/mol. The minimum Gasteiger partial charge on any atom is -0.475 e. The van der Waals surface area contributed by atoms with E-state index < -0.39 is 12.1 Å². The molecule has 0 atom stereocenters. The molecule has 5 rings (SSSR count). The molecule has 8 nitrogen and oxygen atoms in total. The lowest BCUT2D eigenvalue weighted by Gasteiger charge is -2.36. The minimum atomic E-state index is -5.08. The molecule has 3 aromatic rings. The van der Waals surface area contributed by atoms with Crippen LogP contribution in [0.1, 0.15) is 28.1 Å². The van der Waals surface area contributed by atoms with Crippen molar-refractivity contribution in [1.82, 2.24) is 9.88 Å². The molecule has 0 unspecified atom stereocenters. The number of piperidine rings is 1. The third kappa shape index (κ3) is 7.39. The van der Waals surface area contributed by atoms with Gasteiger partial charge in [-0.05, 0) is 70.6 Å². The maximum Gasteiger partial charge on any atom is 0.490 e. The van der Waals surface area contributed by atoms with Crippen LogP contribution in [0.4, 0.5) is 24.5 Å². The maximum absolute atomic E-state index is 13.4. The van der Waals surface area contributed by atoms with Crippen molar-refractivity contribution in [2.75, 3.05) is 36.0 Å². The van der Waals surface area contributed by atoms with Crippen LogP contribution < -0.4 is 9.80 Å². The normalized spacial score (nSPS) is 16.1. The largest absolute Gasteiger partial charge is 0.490 e. The zero-order valence-corrected chi connectivity index (χ0v) is 23.6. The van der Waals surface area contributed by atoms with Crippen LogP contribution in [0.3, 0.4) is 0 Å². The second-order valence-electron chi connectivity index (χ2n) is 9.34. The highest BCUT2D eigenvalue weighted by Crippen LogP contribution is 2.31. The van der Waals surface area contributed by atoms with Gasteiger partial charge in [0.25, 0.3) is 5.91 Å². The van der Waals surface area contributed by atoms with Gasteiger partial charge in [0.05, 0.1) is 8.66 Å². The quantitative estimate of drug-likeness (QED) is 0.409. The van der Waals surface area contributed by atoms with E-state index in [1.54, 1.807) is 4.90 Å². The molecule has 1 saturated heterocycles. The van der Waals surface area contributed by atoms with Crippen LogP contribution in [0.15, 0.2) is 64.7 Å². The van der Waals surface area contributed by atoms with Gasteiger partial charge in [0.15, 0.2) is 0 Å². The van der Waals surface area contributed by atoms with Gasteiger partial charge in [-0.15, -0.1) is 11.3 Å². The molecule has 1 N–H and O–H groups in total. The topological polar surface area (TPSA) is 94.0 Å². The number of carbonyl (C=O) groups is 3. The summed E-state index contributed by atoms with van der Waals surface area (Å²) >= 11 is 4.83. The third-order valence-corrected chi connectivity index (χ3v) is 8.28. The Bertz CT molecular complexity index is 1350. The van der Waals surface area contributed by atoms with E-state index in [2.05, 4.69) is 25.8 Å². The first kappa shape index (κ1) is 29.5. The lowest BCUT2D eigenvalue weighted by Crippen LogP contribution is -2.44. The van der Waals surface area contributed by atoms with E-state index in [-0.39, 0.29) is 18.4 Å². The van der Waals surface area contributed by atoms with Gasteiger partial charge in [-0.1, -0.05) is 18.2 Å². The molecule has 0 radical (unpaired) electrons. The summed E-state index contributed by atoms with van der Waals surface area (Å²) in [5.74, 6) is -2.44. The molecule has 212 valence electrons.